The zero-order valence-corrected chi connectivity index (χ0v) is 12.3. The van der Waals surface area contributed by atoms with Crippen molar-refractivity contribution >= 4 is 0 Å². The third-order valence-corrected chi connectivity index (χ3v) is 5.03. The van der Waals surface area contributed by atoms with Crippen LogP contribution in [0.15, 0.2) is 35.9 Å². The summed E-state index contributed by atoms with van der Waals surface area (Å²) in [6.07, 6.45) is 3.46. The summed E-state index contributed by atoms with van der Waals surface area (Å²) in [5.74, 6) is 0.461. The minimum absolute atomic E-state index is 0.0672. The van der Waals surface area contributed by atoms with Crippen molar-refractivity contribution in [2.24, 2.45) is 5.92 Å². The Hall–Kier alpha value is -1.32. The minimum atomic E-state index is -0.787. The molecule has 1 heterocycles. The van der Waals surface area contributed by atoms with E-state index >= 15 is 0 Å². The zero-order valence-electron chi connectivity index (χ0n) is 12.3. The lowest BCUT2D eigenvalue weighted by Crippen LogP contribution is -2.59. The van der Waals surface area contributed by atoms with Crippen LogP contribution in [0.5, 0.6) is 5.75 Å². The number of hydrogen-bond acceptors (Lipinski definition) is 3. The van der Waals surface area contributed by atoms with Crippen molar-refractivity contribution in [1.29, 1.82) is 0 Å². The summed E-state index contributed by atoms with van der Waals surface area (Å²) in [7, 11) is 0. The number of hydrogen-bond donors (Lipinski definition) is 2. The van der Waals surface area contributed by atoms with Crippen molar-refractivity contribution < 1.29 is 14.9 Å². The summed E-state index contributed by atoms with van der Waals surface area (Å²) >= 11 is 0. The molecule has 0 unspecified atom stereocenters. The number of ether oxygens (including phenoxy) is 1. The molecule has 0 saturated carbocycles. The average molecular weight is 274 g/mol. The molecule has 20 heavy (non-hydrogen) atoms. The summed E-state index contributed by atoms with van der Waals surface area (Å²) in [6.45, 7) is 6.04. The Morgan fingerprint density at radius 1 is 1.20 bits per heavy atom. The summed E-state index contributed by atoms with van der Waals surface area (Å²) in [5.41, 5.74) is 0.967. The van der Waals surface area contributed by atoms with Crippen LogP contribution in [0, 0.1) is 5.92 Å². The monoisotopic (exact) mass is 274 g/mol. The first-order valence-electron chi connectivity index (χ1n) is 7.18. The molecule has 2 N–H and O–H groups in total. The van der Waals surface area contributed by atoms with Gasteiger partial charge in [-0.15, -0.1) is 0 Å². The molecule has 0 amide bonds. The quantitative estimate of drug-likeness (QED) is 0.772. The number of aromatic hydroxyl groups is 1. The first kappa shape index (κ1) is 13.7. The van der Waals surface area contributed by atoms with Gasteiger partial charge in [-0.3, -0.25) is 0 Å². The van der Waals surface area contributed by atoms with Crippen molar-refractivity contribution in [1.82, 2.24) is 0 Å². The van der Waals surface area contributed by atoms with Crippen LogP contribution in [0.25, 0.3) is 0 Å². The first-order chi connectivity index (χ1) is 9.32. The number of aliphatic hydroxyl groups is 1. The van der Waals surface area contributed by atoms with Crippen LogP contribution in [0.3, 0.4) is 0 Å². The second-order valence-electron chi connectivity index (χ2n) is 6.63. The number of benzene rings is 1. The summed E-state index contributed by atoms with van der Waals surface area (Å²) in [6, 6.07) is 7.19. The smallest absolute Gasteiger partial charge is 0.115 e. The maximum absolute atomic E-state index is 10.8. The van der Waals surface area contributed by atoms with Crippen molar-refractivity contribution in [3.63, 3.8) is 0 Å². The van der Waals surface area contributed by atoms with Crippen LogP contribution in [-0.2, 0) is 4.74 Å². The highest BCUT2D eigenvalue weighted by Crippen LogP contribution is 2.53. The molecule has 0 aromatic heterocycles. The zero-order chi connectivity index (χ0) is 14.5. The SMILES string of the molecule is CC1=CC[C@]2(O)C[C@H]1[C@H](c1ccc(O)cc1)OC2(C)C. The topological polar surface area (TPSA) is 49.7 Å². The standard InChI is InChI=1S/C17H22O3/c1-11-8-9-17(19)10-14(11)15(20-16(17,2)3)12-4-6-13(18)7-5-12/h4-8,14-15,18-19H,9-10H2,1-3H3/t14-,15+,17+/m1/s1. The van der Waals surface area contributed by atoms with Crippen molar-refractivity contribution in [3.8, 4) is 5.75 Å². The van der Waals surface area contributed by atoms with Gasteiger partial charge in [-0.05, 0) is 51.3 Å². The fourth-order valence-electron chi connectivity index (χ4n) is 3.40. The van der Waals surface area contributed by atoms with E-state index in [1.165, 1.54) is 5.57 Å². The van der Waals surface area contributed by atoms with E-state index in [0.717, 1.165) is 12.0 Å². The van der Waals surface area contributed by atoms with Gasteiger partial charge in [0.15, 0.2) is 0 Å². The van der Waals surface area contributed by atoms with Crippen LogP contribution < -0.4 is 0 Å². The second kappa shape index (κ2) is 4.34. The molecule has 2 aliphatic rings. The van der Waals surface area contributed by atoms with E-state index in [9.17, 15) is 10.2 Å². The van der Waals surface area contributed by atoms with E-state index in [-0.39, 0.29) is 17.8 Å². The van der Waals surface area contributed by atoms with Gasteiger partial charge in [-0.25, -0.2) is 0 Å². The van der Waals surface area contributed by atoms with E-state index < -0.39 is 11.2 Å². The molecule has 3 heteroatoms. The fourth-order valence-corrected chi connectivity index (χ4v) is 3.40. The second-order valence-corrected chi connectivity index (χ2v) is 6.63. The van der Waals surface area contributed by atoms with Crippen molar-refractivity contribution in [2.45, 2.75) is 50.9 Å². The van der Waals surface area contributed by atoms with Gasteiger partial charge >= 0.3 is 0 Å². The van der Waals surface area contributed by atoms with E-state index in [1.54, 1.807) is 12.1 Å². The molecule has 1 saturated heterocycles. The number of phenolic OH excluding ortho intramolecular Hbond substituents is 1. The van der Waals surface area contributed by atoms with E-state index in [4.69, 9.17) is 4.74 Å². The molecule has 0 spiro atoms. The molecule has 1 fully saturated rings. The highest BCUT2D eigenvalue weighted by Gasteiger charge is 2.54. The Bertz CT molecular complexity index is 544. The molecule has 3 rings (SSSR count). The van der Waals surface area contributed by atoms with E-state index in [2.05, 4.69) is 13.0 Å². The highest BCUT2D eigenvalue weighted by atomic mass is 16.5. The van der Waals surface area contributed by atoms with Crippen molar-refractivity contribution in [2.75, 3.05) is 0 Å². The normalized spacial score (nSPS) is 35.5. The van der Waals surface area contributed by atoms with Crippen LogP contribution in [0.4, 0.5) is 0 Å². The first-order valence-corrected chi connectivity index (χ1v) is 7.18. The number of rotatable bonds is 1. The van der Waals surface area contributed by atoms with Gasteiger partial charge in [0.05, 0.1) is 17.3 Å². The molecular formula is C17H22O3. The molecule has 1 aromatic rings. The van der Waals surface area contributed by atoms with Gasteiger partial charge in [-0.1, -0.05) is 23.8 Å². The molecule has 1 aliphatic carbocycles. The van der Waals surface area contributed by atoms with E-state index in [1.807, 2.05) is 26.0 Å². The van der Waals surface area contributed by atoms with Gasteiger partial charge < -0.3 is 14.9 Å². The fraction of sp³-hybridized carbons (Fsp3) is 0.529. The maximum Gasteiger partial charge on any atom is 0.115 e. The largest absolute Gasteiger partial charge is 0.508 e. The molecule has 3 atom stereocenters. The van der Waals surface area contributed by atoms with Crippen LogP contribution in [0.1, 0.15) is 45.3 Å². The average Bonchev–Trinajstić information content (AvgIpc) is 2.39. The van der Waals surface area contributed by atoms with Gasteiger partial charge in [0.25, 0.3) is 0 Å². The maximum atomic E-state index is 10.8. The Morgan fingerprint density at radius 2 is 1.85 bits per heavy atom. The molecular weight excluding hydrogens is 252 g/mol. The number of fused-ring (bicyclic) bond motifs is 2. The van der Waals surface area contributed by atoms with Gasteiger partial charge in [0.1, 0.15) is 5.75 Å². The minimum Gasteiger partial charge on any atom is -0.508 e. The molecule has 108 valence electrons. The third-order valence-electron chi connectivity index (χ3n) is 5.03. The van der Waals surface area contributed by atoms with Crippen LogP contribution >= 0.6 is 0 Å². The Labute approximate surface area is 119 Å². The van der Waals surface area contributed by atoms with Gasteiger partial charge in [0.2, 0.25) is 0 Å². The van der Waals surface area contributed by atoms with Gasteiger partial charge in [0, 0.05) is 5.92 Å². The lowest BCUT2D eigenvalue weighted by molar-refractivity contribution is -0.245. The summed E-state index contributed by atoms with van der Waals surface area (Å²) in [4.78, 5) is 0. The molecule has 1 aromatic carbocycles. The third kappa shape index (κ3) is 1.97. The molecule has 3 nitrogen and oxygen atoms in total. The summed E-state index contributed by atoms with van der Waals surface area (Å²) < 4.78 is 6.27. The molecule has 1 aliphatic heterocycles. The van der Waals surface area contributed by atoms with E-state index in [0.29, 0.717) is 6.42 Å². The Morgan fingerprint density at radius 3 is 2.50 bits per heavy atom. The molecule has 0 radical (unpaired) electrons. The lowest BCUT2D eigenvalue weighted by atomic mass is 9.66. The van der Waals surface area contributed by atoms with Crippen LogP contribution in [0.2, 0.25) is 0 Å². The Kier molecular flexibility index (Phi) is 2.96. The van der Waals surface area contributed by atoms with Crippen LogP contribution in [-0.4, -0.2) is 21.4 Å². The molecule has 2 bridgehead atoms. The predicted octanol–water partition coefficient (Wildman–Crippen LogP) is 3.33. The van der Waals surface area contributed by atoms with Crippen molar-refractivity contribution in [3.05, 3.63) is 41.5 Å². The highest BCUT2D eigenvalue weighted by molar-refractivity contribution is 5.31. The number of phenols is 1. The predicted molar refractivity (Wildman–Crippen MR) is 77.4 cm³/mol. The summed E-state index contributed by atoms with van der Waals surface area (Å²) in [5, 5.41) is 20.3. The van der Waals surface area contributed by atoms with Gasteiger partial charge in [-0.2, -0.15) is 0 Å². The Balaban J connectivity index is 2.01. The lowest BCUT2D eigenvalue weighted by Gasteiger charge is -2.54.